The van der Waals surface area contributed by atoms with Crippen molar-refractivity contribution in [3.8, 4) is 5.75 Å². The average molecular weight is 446 g/mol. The molecule has 162 valence electrons. The lowest BCUT2D eigenvalue weighted by Crippen LogP contribution is -2.24. The van der Waals surface area contributed by atoms with E-state index in [1.54, 1.807) is 0 Å². The van der Waals surface area contributed by atoms with E-state index in [-0.39, 0.29) is 11.8 Å². The van der Waals surface area contributed by atoms with Gasteiger partial charge in [0.05, 0.1) is 17.6 Å². The van der Waals surface area contributed by atoms with Gasteiger partial charge in [0.1, 0.15) is 11.6 Å². The third kappa shape index (κ3) is 4.21. The van der Waals surface area contributed by atoms with Crippen molar-refractivity contribution in [3.05, 3.63) is 89.7 Å². The van der Waals surface area contributed by atoms with Gasteiger partial charge in [-0.3, -0.25) is 4.79 Å². The zero-order valence-electron chi connectivity index (χ0n) is 17.7. The van der Waals surface area contributed by atoms with Crippen LogP contribution in [-0.4, -0.2) is 28.6 Å². The first-order valence-electron chi connectivity index (χ1n) is 10.9. The van der Waals surface area contributed by atoms with Crippen LogP contribution in [0.15, 0.2) is 78.9 Å². The fourth-order valence-corrected chi connectivity index (χ4v) is 4.53. The molecule has 2 heterocycles. The molecule has 0 bridgehead atoms. The Morgan fingerprint density at radius 3 is 2.66 bits per heavy atom. The standard InChI is InChI=1S/C26H24ClN3O2/c27-20-8-6-9-21(17-20)30-18-19(16-25(30)31)26-28-23-12-4-5-13-24(23)29(26)14-7-15-32-22-10-2-1-3-11-22/h1-6,8-13,17,19H,7,14-16,18H2/t19-/m0/s1. The van der Waals surface area contributed by atoms with E-state index < -0.39 is 0 Å². The highest BCUT2D eigenvalue weighted by molar-refractivity contribution is 6.30. The van der Waals surface area contributed by atoms with Crippen molar-refractivity contribution in [2.75, 3.05) is 18.1 Å². The van der Waals surface area contributed by atoms with Crippen LogP contribution in [0.25, 0.3) is 11.0 Å². The minimum atomic E-state index is 0.0314. The summed E-state index contributed by atoms with van der Waals surface area (Å²) in [7, 11) is 0. The molecule has 6 heteroatoms. The number of aromatic nitrogens is 2. The van der Waals surface area contributed by atoms with Gasteiger partial charge in [0, 0.05) is 36.1 Å². The van der Waals surface area contributed by atoms with Crippen molar-refractivity contribution >= 4 is 34.2 Å². The second-order valence-electron chi connectivity index (χ2n) is 8.01. The highest BCUT2D eigenvalue weighted by atomic mass is 35.5. The summed E-state index contributed by atoms with van der Waals surface area (Å²) in [6.07, 6.45) is 1.29. The quantitative estimate of drug-likeness (QED) is 0.344. The van der Waals surface area contributed by atoms with E-state index in [9.17, 15) is 4.79 Å². The van der Waals surface area contributed by atoms with E-state index in [2.05, 4.69) is 10.6 Å². The number of hydrogen-bond acceptors (Lipinski definition) is 3. The minimum Gasteiger partial charge on any atom is -0.494 e. The summed E-state index contributed by atoms with van der Waals surface area (Å²) in [5, 5.41) is 0.629. The molecule has 1 fully saturated rings. The predicted octanol–water partition coefficient (Wildman–Crippen LogP) is 5.68. The molecule has 1 aromatic heterocycles. The van der Waals surface area contributed by atoms with Crippen LogP contribution in [-0.2, 0) is 11.3 Å². The smallest absolute Gasteiger partial charge is 0.227 e. The third-order valence-corrected chi connectivity index (χ3v) is 6.07. The maximum atomic E-state index is 12.8. The Balaban J connectivity index is 1.36. The molecule has 0 spiro atoms. The number of halogens is 1. The number of hydrogen-bond donors (Lipinski definition) is 0. The lowest BCUT2D eigenvalue weighted by molar-refractivity contribution is -0.117. The molecule has 4 aromatic rings. The molecular formula is C26H24ClN3O2. The number of nitrogens with zero attached hydrogens (tertiary/aromatic N) is 3. The molecule has 1 atom stereocenters. The second kappa shape index (κ2) is 9.05. The molecule has 0 saturated carbocycles. The summed E-state index contributed by atoms with van der Waals surface area (Å²) >= 11 is 6.15. The number of para-hydroxylation sites is 3. The van der Waals surface area contributed by atoms with Gasteiger partial charge in [0.15, 0.2) is 0 Å². The topological polar surface area (TPSA) is 47.4 Å². The molecule has 1 aliphatic heterocycles. The summed E-state index contributed by atoms with van der Waals surface area (Å²) in [5.41, 5.74) is 2.89. The van der Waals surface area contributed by atoms with Gasteiger partial charge >= 0.3 is 0 Å². The largest absolute Gasteiger partial charge is 0.494 e. The molecule has 0 aliphatic carbocycles. The van der Waals surface area contributed by atoms with Crippen LogP contribution in [0.5, 0.6) is 5.75 Å². The lowest BCUT2D eigenvalue weighted by atomic mass is 10.1. The fourth-order valence-electron chi connectivity index (χ4n) is 4.34. The highest BCUT2D eigenvalue weighted by Gasteiger charge is 2.34. The maximum Gasteiger partial charge on any atom is 0.227 e. The van der Waals surface area contributed by atoms with Crippen molar-refractivity contribution in [2.45, 2.75) is 25.3 Å². The van der Waals surface area contributed by atoms with Crippen LogP contribution in [0.3, 0.4) is 0 Å². The molecule has 0 radical (unpaired) electrons. The Bertz CT molecular complexity index is 1240. The highest BCUT2D eigenvalue weighted by Crippen LogP contribution is 2.34. The van der Waals surface area contributed by atoms with Crippen LogP contribution in [0.4, 0.5) is 5.69 Å². The van der Waals surface area contributed by atoms with Crippen LogP contribution in [0, 0.1) is 0 Å². The number of amides is 1. The Morgan fingerprint density at radius 1 is 1.00 bits per heavy atom. The first kappa shape index (κ1) is 20.6. The molecule has 5 nitrogen and oxygen atoms in total. The number of carbonyl (C=O) groups is 1. The number of anilines is 1. The molecule has 32 heavy (non-hydrogen) atoms. The Morgan fingerprint density at radius 2 is 1.81 bits per heavy atom. The van der Waals surface area contributed by atoms with Crippen LogP contribution in [0.2, 0.25) is 5.02 Å². The van der Waals surface area contributed by atoms with Gasteiger partial charge < -0.3 is 14.2 Å². The third-order valence-electron chi connectivity index (χ3n) is 5.83. The zero-order chi connectivity index (χ0) is 21.9. The monoisotopic (exact) mass is 445 g/mol. The Kier molecular flexibility index (Phi) is 5.82. The molecule has 3 aromatic carbocycles. The Hall–Kier alpha value is -3.31. The van der Waals surface area contributed by atoms with E-state index in [0.29, 0.717) is 24.6 Å². The van der Waals surface area contributed by atoms with E-state index in [1.807, 2.05) is 77.7 Å². The average Bonchev–Trinajstić information content (AvgIpc) is 3.38. The lowest BCUT2D eigenvalue weighted by Gasteiger charge is -2.18. The van der Waals surface area contributed by atoms with E-state index in [4.69, 9.17) is 21.3 Å². The van der Waals surface area contributed by atoms with Crippen molar-refractivity contribution in [1.82, 2.24) is 9.55 Å². The number of ether oxygens (including phenoxy) is 1. The first-order chi connectivity index (χ1) is 15.7. The van der Waals surface area contributed by atoms with Crippen LogP contribution in [0.1, 0.15) is 24.6 Å². The van der Waals surface area contributed by atoms with Gasteiger partial charge in [0.25, 0.3) is 0 Å². The van der Waals surface area contributed by atoms with Crippen molar-refractivity contribution in [1.29, 1.82) is 0 Å². The molecule has 1 aliphatic rings. The van der Waals surface area contributed by atoms with Crippen molar-refractivity contribution < 1.29 is 9.53 Å². The molecule has 1 saturated heterocycles. The first-order valence-corrected chi connectivity index (χ1v) is 11.3. The number of imidazole rings is 1. The van der Waals surface area contributed by atoms with Gasteiger partial charge in [-0.2, -0.15) is 0 Å². The van der Waals surface area contributed by atoms with Crippen LogP contribution >= 0.6 is 11.6 Å². The number of rotatable bonds is 7. The van der Waals surface area contributed by atoms with Crippen molar-refractivity contribution in [3.63, 3.8) is 0 Å². The Labute approximate surface area is 192 Å². The SMILES string of the molecule is O=C1C[C@H](c2nc3ccccc3n2CCCOc2ccccc2)CN1c1cccc(Cl)c1. The van der Waals surface area contributed by atoms with E-state index >= 15 is 0 Å². The van der Waals surface area contributed by atoms with E-state index in [1.165, 1.54) is 0 Å². The van der Waals surface area contributed by atoms with Gasteiger partial charge in [-0.1, -0.05) is 48.0 Å². The predicted molar refractivity (Wildman–Crippen MR) is 127 cm³/mol. The van der Waals surface area contributed by atoms with Gasteiger partial charge in [-0.15, -0.1) is 0 Å². The molecule has 5 rings (SSSR count). The number of fused-ring (bicyclic) bond motifs is 1. The number of aryl methyl sites for hydroxylation is 1. The molecular weight excluding hydrogens is 422 g/mol. The number of carbonyl (C=O) groups excluding carboxylic acids is 1. The number of benzene rings is 3. The maximum absolute atomic E-state index is 12.8. The molecule has 0 unspecified atom stereocenters. The van der Waals surface area contributed by atoms with Crippen LogP contribution < -0.4 is 9.64 Å². The van der Waals surface area contributed by atoms with Gasteiger partial charge in [-0.05, 0) is 48.9 Å². The second-order valence-corrected chi connectivity index (χ2v) is 8.45. The zero-order valence-corrected chi connectivity index (χ0v) is 18.4. The normalized spacial score (nSPS) is 16.1. The minimum absolute atomic E-state index is 0.0314. The van der Waals surface area contributed by atoms with Gasteiger partial charge in [0.2, 0.25) is 5.91 Å². The molecule has 1 amide bonds. The summed E-state index contributed by atoms with van der Waals surface area (Å²) < 4.78 is 8.13. The van der Waals surface area contributed by atoms with E-state index in [0.717, 1.165) is 41.3 Å². The fraction of sp³-hybridized carbons (Fsp3) is 0.231. The molecule has 0 N–H and O–H groups in total. The van der Waals surface area contributed by atoms with Crippen molar-refractivity contribution in [2.24, 2.45) is 0 Å². The summed E-state index contributed by atoms with van der Waals surface area (Å²) in [6, 6.07) is 25.5. The summed E-state index contributed by atoms with van der Waals surface area (Å²) in [5.74, 6) is 1.97. The summed E-state index contributed by atoms with van der Waals surface area (Å²) in [4.78, 5) is 19.6. The van der Waals surface area contributed by atoms with Gasteiger partial charge in [-0.25, -0.2) is 4.98 Å². The summed E-state index contributed by atoms with van der Waals surface area (Å²) in [6.45, 7) is 2.00.